The van der Waals surface area contributed by atoms with Gasteiger partial charge in [-0.1, -0.05) is 0 Å². The van der Waals surface area contributed by atoms with Crippen molar-refractivity contribution in [3.63, 3.8) is 0 Å². The minimum absolute atomic E-state index is 0.363. The number of aromatic amines is 1. The maximum Gasteiger partial charge on any atom is 0.226 e. The van der Waals surface area contributed by atoms with Crippen LogP contribution in [0.5, 0.6) is 0 Å². The SMILES string of the molecule is CCNc1nc(N(C)C2CCOC2)c2cn[nH]c2n1. The molecule has 19 heavy (non-hydrogen) atoms. The van der Waals surface area contributed by atoms with Gasteiger partial charge in [-0.2, -0.15) is 15.1 Å². The molecule has 2 aromatic heterocycles. The van der Waals surface area contributed by atoms with Crippen LogP contribution >= 0.6 is 0 Å². The lowest BCUT2D eigenvalue weighted by Gasteiger charge is -2.25. The maximum absolute atomic E-state index is 5.45. The van der Waals surface area contributed by atoms with Crippen molar-refractivity contribution in [3.8, 4) is 0 Å². The van der Waals surface area contributed by atoms with E-state index in [2.05, 4.69) is 30.4 Å². The molecule has 0 spiro atoms. The van der Waals surface area contributed by atoms with E-state index in [0.717, 1.165) is 43.0 Å². The van der Waals surface area contributed by atoms with E-state index >= 15 is 0 Å². The van der Waals surface area contributed by atoms with Crippen molar-refractivity contribution in [2.24, 2.45) is 0 Å². The van der Waals surface area contributed by atoms with E-state index < -0.39 is 0 Å². The second kappa shape index (κ2) is 5.00. The zero-order chi connectivity index (χ0) is 13.2. The summed E-state index contributed by atoms with van der Waals surface area (Å²) in [5.74, 6) is 1.52. The van der Waals surface area contributed by atoms with Crippen LogP contribution < -0.4 is 10.2 Å². The molecule has 1 fully saturated rings. The first-order chi connectivity index (χ1) is 9.29. The fourth-order valence-electron chi connectivity index (χ4n) is 2.33. The largest absolute Gasteiger partial charge is 0.379 e. The first-order valence-corrected chi connectivity index (χ1v) is 6.55. The first kappa shape index (κ1) is 12.2. The van der Waals surface area contributed by atoms with Crippen molar-refractivity contribution in [1.29, 1.82) is 0 Å². The summed E-state index contributed by atoms with van der Waals surface area (Å²) in [5.41, 5.74) is 0.756. The number of nitrogens with one attached hydrogen (secondary N) is 2. The third-order valence-corrected chi connectivity index (χ3v) is 3.41. The highest BCUT2D eigenvalue weighted by molar-refractivity contribution is 5.87. The highest BCUT2D eigenvalue weighted by Gasteiger charge is 2.24. The van der Waals surface area contributed by atoms with E-state index in [1.807, 2.05) is 14.0 Å². The molecule has 0 bridgehead atoms. The quantitative estimate of drug-likeness (QED) is 0.856. The van der Waals surface area contributed by atoms with Crippen LogP contribution in [0.25, 0.3) is 11.0 Å². The molecule has 7 heteroatoms. The standard InChI is InChI=1S/C12H18N6O/c1-3-13-12-15-10-9(6-14-17-10)11(16-12)18(2)8-4-5-19-7-8/h6,8H,3-5,7H2,1-2H3,(H2,13,14,15,16,17). The van der Waals surface area contributed by atoms with Crippen LogP contribution in [-0.4, -0.2) is 53.0 Å². The molecular formula is C12H18N6O. The van der Waals surface area contributed by atoms with Crippen LogP contribution in [0, 0.1) is 0 Å². The maximum atomic E-state index is 5.45. The molecule has 1 aliphatic heterocycles. The molecule has 2 N–H and O–H groups in total. The molecular weight excluding hydrogens is 244 g/mol. The topological polar surface area (TPSA) is 79.0 Å². The average Bonchev–Trinajstić information content (AvgIpc) is 3.08. The Bertz CT molecular complexity index is 562. The van der Waals surface area contributed by atoms with Gasteiger partial charge in [-0.3, -0.25) is 5.10 Å². The minimum atomic E-state index is 0.363. The molecule has 1 saturated heterocycles. The Morgan fingerprint density at radius 1 is 1.53 bits per heavy atom. The summed E-state index contributed by atoms with van der Waals surface area (Å²) in [6, 6.07) is 0.363. The Balaban J connectivity index is 2.01. The lowest BCUT2D eigenvalue weighted by molar-refractivity contribution is 0.193. The molecule has 0 aromatic carbocycles. The first-order valence-electron chi connectivity index (χ1n) is 6.55. The molecule has 0 aliphatic carbocycles. The van der Waals surface area contributed by atoms with Crippen molar-refractivity contribution < 1.29 is 4.74 Å². The average molecular weight is 262 g/mol. The molecule has 102 valence electrons. The smallest absolute Gasteiger partial charge is 0.226 e. The molecule has 1 unspecified atom stereocenters. The number of rotatable bonds is 4. The lowest BCUT2D eigenvalue weighted by atomic mass is 10.2. The van der Waals surface area contributed by atoms with Gasteiger partial charge < -0.3 is 15.0 Å². The van der Waals surface area contributed by atoms with E-state index in [-0.39, 0.29) is 0 Å². The van der Waals surface area contributed by atoms with Crippen LogP contribution in [-0.2, 0) is 4.74 Å². The van der Waals surface area contributed by atoms with Crippen molar-refractivity contribution in [2.45, 2.75) is 19.4 Å². The Hall–Kier alpha value is -1.89. The zero-order valence-corrected chi connectivity index (χ0v) is 11.2. The van der Waals surface area contributed by atoms with Gasteiger partial charge in [0.2, 0.25) is 5.95 Å². The summed E-state index contributed by atoms with van der Waals surface area (Å²) in [7, 11) is 2.05. The van der Waals surface area contributed by atoms with Crippen LogP contribution in [0.3, 0.4) is 0 Å². The van der Waals surface area contributed by atoms with Crippen molar-refractivity contribution >= 4 is 22.8 Å². The number of hydrogen-bond acceptors (Lipinski definition) is 6. The molecule has 0 saturated carbocycles. The number of aromatic nitrogens is 4. The third kappa shape index (κ3) is 2.21. The van der Waals surface area contributed by atoms with E-state index in [9.17, 15) is 0 Å². The molecule has 1 aliphatic rings. The molecule has 0 amide bonds. The van der Waals surface area contributed by atoms with Gasteiger partial charge in [0.15, 0.2) is 5.65 Å². The molecule has 3 rings (SSSR count). The second-order valence-electron chi connectivity index (χ2n) is 4.66. The van der Waals surface area contributed by atoms with Gasteiger partial charge in [0.05, 0.1) is 24.2 Å². The van der Waals surface area contributed by atoms with Gasteiger partial charge in [0, 0.05) is 20.2 Å². The molecule has 0 radical (unpaired) electrons. The predicted molar refractivity (Wildman–Crippen MR) is 73.5 cm³/mol. The predicted octanol–water partition coefficient (Wildman–Crippen LogP) is 1.01. The fourth-order valence-corrected chi connectivity index (χ4v) is 2.33. The van der Waals surface area contributed by atoms with Gasteiger partial charge in [-0.15, -0.1) is 0 Å². The monoisotopic (exact) mass is 262 g/mol. The van der Waals surface area contributed by atoms with Crippen LogP contribution in [0.1, 0.15) is 13.3 Å². The number of H-pyrrole nitrogens is 1. The number of fused-ring (bicyclic) bond motifs is 1. The molecule has 7 nitrogen and oxygen atoms in total. The summed E-state index contributed by atoms with van der Waals surface area (Å²) < 4.78 is 5.45. The minimum Gasteiger partial charge on any atom is -0.379 e. The van der Waals surface area contributed by atoms with Crippen molar-refractivity contribution in [2.75, 3.05) is 37.0 Å². The Morgan fingerprint density at radius 3 is 3.16 bits per heavy atom. The lowest BCUT2D eigenvalue weighted by Crippen LogP contribution is -2.32. The van der Waals surface area contributed by atoms with Crippen molar-refractivity contribution in [3.05, 3.63) is 6.20 Å². The Kier molecular flexibility index (Phi) is 3.20. The van der Waals surface area contributed by atoms with E-state index in [1.165, 1.54) is 0 Å². The normalized spacial score (nSPS) is 18.9. The summed E-state index contributed by atoms with van der Waals surface area (Å²) >= 11 is 0. The van der Waals surface area contributed by atoms with E-state index in [1.54, 1.807) is 6.20 Å². The Morgan fingerprint density at radius 2 is 2.42 bits per heavy atom. The third-order valence-electron chi connectivity index (χ3n) is 3.41. The highest BCUT2D eigenvalue weighted by atomic mass is 16.5. The Labute approximate surface area is 111 Å². The summed E-state index contributed by atoms with van der Waals surface area (Å²) in [4.78, 5) is 11.2. The van der Waals surface area contributed by atoms with Crippen LogP contribution in [0.4, 0.5) is 11.8 Å². The van der Waals surface area contributed by atoms with Gasteiger partial charge in [0.25, 0.3) is 0 Å². The number of likely N-dealkylation sites (N-methyl/N-ethyl adjacent to an activating group) is 1. The van der Waals surface area contributed by atoms with E-state index in [4.69, 9.17) is 4.74 Å². The molecule has 1 atom stereocenters. The van der Waals surface area contributed by atoms with Gasteiger partial charge >= 0.3 is 0 Å². The van der Waals surface area contributed by atoms with Gasteiger partial charge in [-0.05, 0) is 13.3 Å². The van der Waals surface area contributed by atoms with Gasteiger partial charge in [-0.25, -0.2) is 0 Å². The summed E-state index contributed by atoms with van der Waals surface area (Å²) in [6.07, 6.45) is 2.79. The molecule has 2 aromatic rings. The fraction of sp³-hybridized carbons (Fsp3) is 0.583. The number of anilines is 2. The number of hydrogen-bond donors (Lipinski definition) is 2. The highest BCUT2D eigenvalue weighted by Crippen LogP contribution is 2.26. The van der Waals surface area contributed by atoms with Crippen molar-refractivity contribution in [1.82, 2.24) is 20.2 Å². The summed E-state index contributed by atoms with van der Waals surface area (Å²) in [6.45, 7) is 4.37. The van der Waals surface area contributed by atoms with Crippen LogP contribution in [0.15, 0.2) is 6.20 Å². The summed E-state index contributed by atoms with van der Waals surface area (Å²) in [5, 5.41) is 11.1. The van der Waals surface area contributed by atoms with Crippen LogP contribution in [0.2, 0.25) is 0 Å². The zero-order valence-electron chi connectivity index (χ0n) is 11.2. The number of ether oxygens (including phenoxy) is 1. The second-order valence-corrected chi connectivity index (χ2v) is 4.66. The van der Waals surface area contributed by atoms with Gasteiger partial charge in [0.1, 0.15) is 5.82 Å². The number of nitrogens with zero attached hydrogens (tertiary/aromatic N) is 4. The van der Waals surface area contributed by atoms with E-state index in [0.29, 0.717) is 12.0 Å². The molecule has 3 heterocycles.